The summed E-state index contributed by atoms with van der Waals surface area (Å²) in [4.78, 5) is 8.26. The molecule has 2 aromatic rings. The lowest BCUT2D eigenvalue weighted by Gasteiger charge is -2.11. The van der Waals surface area contributed by atoms with Crippen molar-refractivity contribution in [2.24, 2.45) is 0 Å². The van der Waals surface area contributed by atoms with Gasteiger partial charge >= 0.3 is 0 Å². The predicted molar refractivity (Wildman–Crippen MR) is 69.2 cm³/mol. The Morgan fingerprint density at radius 2 is 1.89 bits per heavy atom. The third-order valence-corrected chi connectivity index (χ3v) is 3.54. The van der Waals surface area contributed by atoms with Gasteiger partial charge in [0.1, 0.15) is 5.69 Å². The maximum Gasteiger partial charge on any atom is 0.296 e. The molecule has 0 saturated heterocycles. The van der Waals surface area contributed by atoms with Crippen LogP contribution in [0.5, 0.6) is 0 Å². The molecule has 19 heavy (non-hydrogen) atoms. The van der Waals surface area contributed by atoms with E-state index in [2.05, 4.69) is 20.2 Å². The fraction of sp³-hybridized carbons (Fsp3) is 0.400. The highest BCUT2D eigenvalue weighted by Crippen LogP contribution is 2.24. The standard InChI is InChI=1S/C10H12ClN5O2S/c1-6(2)16-9(8-5-12-7(3)4-13-8)14-15-10(16)19(11,17)18/h4-6H,1-3H3. The van der Waals surface area contributed by atoms with Crippen LogP contribution in [-0.4, -0.2) is 33.2 Å². The quantitative estimate of drug-likeness (QED) is 0.799. The molecule has 2 rings (SSSR count). The summed E-state index contributed by atoms with van der Waals surface area (Å²) in [6, 6.07) is -0.184. The van der Waals surface area contributed by atoms with E-state index < -0.39 is 9.05 Å². The number of halogens is 1. The van der Waals surface area contributed by atoms with E-state index in [-0.39, 0.29) is 11.2 Å². The van der Waals surface area contributed by atoms with Crippen LogP contribution in [0.1, 0.15) is 25.6 Å². The van der Waals surface area contributed by atoms with Gasteiger partial charge in [0.15, 0.2) is 5.82 Å². The Hall–Kier alpha value is -1.54. The second kappa shape index (κ2) is 4.86. The van der Waals surface area contributed by atoms with Crippen molar-refractivity contribution in [3.8, 4) is 11.5 Å². The number of nitrogens with zero attached hydrogens (tertiary/aromatic N) is 5. The van der Waals surface area contributed by atoms with Crippen LogP contribution < -0.4 is 0 Å². The molecule has 0 radical (unpaired) electrons. The van der Waals surface area contributed by atoms with Gasteiger partial charge in [-0.05, 0) is 20.8 Å². The van der Waals surface area contributed by atoms with Crippen LogP contribution in [0.3, 0.4) is 0 Å². The molecule has 7 nitrogen and oxygen atoms in total. The average molecular weight is 302 g/mol. The van der Waals surface area contributed by atoms with Gasteiger partial charge in [-0.25, -0.2) is 13.4 Å². The smallest absolute Gasteiger partial charge is 0.293 e. The van der Waals surface area contributed by atoms with Crippen LogP contribution in [0.2, 0.25) is 0 Å². The van der Waals surface area contributed by atoms with Gasteiger partial charge in [-0.2, -0.15) is 0 Å². The van der Waals surface area contributed by atoms with Crippen molar-refractivity contribution in [2.45, 2.75) is 32.0 Å². The molecule has 9 heteroatoms. The minimum absolute atomic E-state index is 0.184. The molecule has 0 aliphatic carbocycles. The number of hydrogen-bond acceptors (Lipinski definition) is 6. The summed E-state index contributed by atoms with van der Waals surface area (Å²) in [5, 5.41) is 7.19. The summed E-state index contributed by atoms with van der Waals surface area (Å²) >= 11 is 0. The SMILES string of the molecule is Cc1cnc(-c2nnc(S(=O)(=O)Cl)n2C(C)C)cn1. The van der Waals surface area contributed by atoms with Crippen molar-refractivity contribution in [3.05, 3.63) is 18.1 Å². The van der Waals surface area contributed by atoms with Crippen molar-refractivity contribution < 1.29 is 8.42 Å². The maximum absolute atomic E-state index is 11.5. The first kappa shape index (κ1) is 13.9. The minimum Gasteiger partial charge on any atom is -0.293 e. The van der Waals surface area contributed by atoms with Gasteiger partial charge < -0.3 is 0 Å². The summed E-state index contributed by atoms with van der Waals surface area (Å²) in [6.45, 7) is 5.42. The van der Waals surface area contributed by atoms with E-state index in [9.17, 15) is 8.42 Å². The lowest BCUT2D eigenvalue weighted by molar-refractivity contribution is 0.530. The summed E-state index contributed by atoms with van der Waals surface area (Å²) < 4.78 is 24.3. The van der Waals surface area contributed by atoms with Crippen LogP contribution in [0.4, 0.5) is 0 Å². The van der Waals surface area contributed by atoms with E-state index in [1.54, 1.807) is 27.0 Å². The second-order valence-electron chi connectivity index (χ2n) is 4.25. The molecule has 2 heterocycles. The normalized spacial score (nSPS) is 12.1. The van der Waals surface area contributed by atoms with Gasteiger partial charge in [-0.1, -0.05) is 0 Å². The highest BCUT2D eigenvalue weighted by atomic mass is 35.7. The first-order valence-corrected chi connectivity index (χ1v) is 7.80. The molecular weight excluding hydrogens is 290 g/mol. The molecule has 0 bridgehead atoms. The van der Waals surface area contributed by atoms with Crippen molar-refractivity contribution in [3.63, 3.8) is 0 Å². The van der Waals surface area contributed by atoms with E-state index >= 15 is 0 Å². The first-order chi connectivity index (χ1) is 8.80. The van der Waals surface area contributed by atoms with E-state index in [4.69, 9.17) is 10.7 Å². The fourth-order valence-electron chi connectivity index (χ4n) is 1.59. The van der Waals surface area contributed by atoms with Crippen LogP contribution in [0.15, 0.2) is 17.6 Å². The third kappa shape index (κ3) is 2.74. The molecule has 0 aromatic carbocycles. The summed E-state index contributed by atoms with van der Waals surface area (Å²) in [7, 11) is 1.39. The van der Waals surface area contributed by atoms with Crippen molar-refractivity contribution in [1.82, 2.24) is 24.7 Å². The van der Waals surface area contributed by atoms with Crippen molar-refractivity contribution >= 4 is 19.7 Å². The van der Waals surface area contributed by atoms with Gasteiger partial charge in [0.25, 0.3) is 14.2 Å². The number of hydrogen-bond donors (Lipinski definition) is 0. The molecule has 0 atom stereocenters. The zero-order valence-electron chi connectivity index (χ0n) is 10.6. The van der Waals surface area contributed by atoms with Crippen LogP contribution >= 0.6 is 10.7 Å². The van der Waals surface area contributed by atoms with E-state index in [0.29, 0.717) is 11.5 Å². The Labute approximate surface area is 115 Å². The van der Waals surface area contributed by atoms with Crippen LogP contribution in [0.25, 0.3) is 11.5 Å². The van der Waals surface area contributed by atoms with Crippen molar-refractivity contribution in [2.75, 3.05) is 0 Å². The molecule has 2 aromatic heterocycles. The van der Waals surface area contributed by atoms with Gasteiger partial charge in [0.05, 0.1) is 11.9 Å². The van der Waals surface area contributed by atoms with E-state index in [0.717, 1.165) is 5.69 Å². The van der Waals surface area contributed by atoms with E-state index in [1.807, 2.05) is 0 Å². The summed E-state index contributed by atoms with van der Waals surface area (Å²) in [6.07, 6.45) is 3.09. The van der Waals surface area contributed by atoms with E-state index in [1.165, 1.54) is 10.8 Å². The Balaban J connectivity index is 2.65. The zero-order valence-corrected chi connectivity index (χ0v) is 12.1. The van der Waals surface area contributed by atoms with Gasteiger partial charge in [0.2, 0.25) is 0 Å². The highest BCUT2D eigenvalue weighted by molar-refractivity contribution is 8.13. The Kier molecular flexibility index (Phi) is 3.55. The molecular formula is C10H12ClN5O2S. The highest BCUT2D eigenvalue weighted by Gasteiger charge is 2.25. The van der Waals surface area contributed by atoms with Crippen LogP contribution in [-0.2, 0) is 9.05 Å². The Morgan fingerprint density at radius 3 is 2.37 bits per heavy atom. The molecule has 0 aliphatic rings. The average Bonchev–Trinajstić information content (AvgIpc) is 2.74. The molecule has 0 saturated carbocycles. The number of aryl methyl sites for hydroxylation is 1. The fourth-order valence-corrected chi connectivity index (χ4v) is 2.58. The minimum atomic E-state index is -3.96. The molecule has 0 unspecified atom stereocenters. The number of aromatic nitrogens is 5. The van der Waals surface area contributed by atoms with Crippen molar-refractivity contribution in [1.29, 1.82) is 0 Å². The molecule has 102 valence electrons. The lowest BCUT2D eigenvalue weighted by Crippen LogP contribution is -2.10. The Bertz CT molecular complexity index is 693. The summed E-state index contributed by atoms with van der Waals surface area (Å²) in [5.74, 6) is 0.321. The first-order valence-electron chi connectivity index (χ1n) is 5.49. The molecule has 0 aliphatic heterocycles. The van der Waals surface area contributed by atoms with Gasteiger partial charge in [-0.15, -0.1) is 10.2 Å². The monoisotopic (exact) mass is 301 g/mol. The number of rotatable bonds is 3. The molecule has 0 fully saturated rings. The lowest BCUT2D eigenvalue weighted by atomic mass is 10.3. The largest absolute Gasteiger partial charge is 0.296 e. The third-order valence-electron chi connectivity index (χ3n) is 2.41. The molecule has 0 N–H and O–H groups in total. The predicted octanol–water partition coefficient (Wildman–Crippen LogP) is 1.55. The zero-order chi connectivity index (χ0) is 14.2. The van der Waals surface area contributed by atoms with Gasteiger partial charge in [-0.3, -0.25) is 9.55 Å². The molecule has 0 amide bonds. The second-order valence-corrected chi connectivity index (χ2v) is 6.71. The maximum atomic E-state index is 11.5. The van der Waals surface area contributed by atoms with Gasteiger partial charge in [0, 0.05) is 22.9 Å². The topological polar surface area (TPSA) is 90.6 Å². The van der Waals surface area contributed by atoms with Crippen LogP contribution in [0, 0.1) is 6.92 Å². The Morgan fingerprint density at radius 1 is 1.21 bits per heavy atom. The summed E-state index contributed by atoms with van der Waals surface area (Å²) in [5.41, 5.74) is 1.20. The molecule has 0 spiro atoms.